The molecule has 2 rings (SSSR count). The van der Waals surface area contributed by atoms with Crippen molar-refractivity contribution in [2.24, 2.45) is 0 Å². The lowest BCUT2D eigenvalue weighted by Crippen LogP contribution is -2.37. The predicted octanol–water partition coefficient (Wildman–Crippen LogP) is -0.0293. The van der Waals surface area contributed by atoms with E-state index < -0.39 is 0 Å². The van der Waals surface area contributed by atoms with E-state index in [2.05, 4.69) is 5.32 Å². The Morgan fingerprint density at radius 1 is 1.55 bits per heavy atom. The highest BCUT2D eigenvalue weighted by Gasteiger charge is 2.29. The third-order valence-electron chi connectivity index (χ3n) is 2.59. The highest BCUT2D eigenvalue weighted by atomic mass is 16.2. The second-order valence-corrected chi connectivity index (χ2v) is 3.34. The van der Waals surface area contributed by atoms with Crippen LogP contribution in [0.25, 0.3) is 0 Å². The third-order valence-corrected chi connectivity index (χ3v) is 2.59. The number of nitrogens with one attached hydrogen (secondary N) is 1. The van der Waals surface area contributed by atoms with Gasteiger partial charge in [0.1, 0.15) is 0 Å². The molecule has 2 aliphatic heterocycles. The van der Waals surface area contributed by atoms with Gasteiger partial charge in [0.05, 0.1) is 0 Å². The van der Waals surface area contributed by atoms with Crippen molar-refractivity contribution in [1.29, 1.82) is 0 Å². The highest BCUT2D eigenvalue weighted by Crippen LogP contribution is 2.18. The summed E-state index contributed by atoms with van der Waals surface area (Å²) in [6.45, 7) is 2.86. The summed E-state index contributed by atoms with van der Waals surface area (Å²) in [5.41, 5.74) is 0. The van der Waals surface area contributed by atoms with Crippen LogP contribution in [0.5, 0.6) is 0 Å². The van der Waals surface area contributed by atoms with E-state index in [4.69, 9.17) is 0 Å². The van der Waals surface area contributed by atoms with Gasteiger partial charge in [-0.1, -0.05) is 0 Å². The standard InChI is InChI=1S/C8H14N2O/c11-8-3-4-9-6-7-2-1-5-10(7)8/h7,9H,1-6H2/t7-/m1/s1. The molecule has 3 heteroatoms. The van der Waals surface area contributed by atoms with Crippen LogP contribution in [0.4, 0.5) is 0 Å². The molecule has 1 N–H and O–H groups in total. The van der Waals surface area contributed by atoms with E-state index in [1.54, 1.807) is 0 Å². The first kappa shape index (κ1) is 7.10. The van der Waals surface area contributed by atoms with Crippen molar-refractivity contribution in [3.05, 3.63) is 0 Å². The highest BCUT2D eigenvalue weighted by molar-refractivity contribution is 5.77. The Labute approximate surface area is 66.8 Å². The van der Waals surface area contributed by atoms with Crippen LogP contribution in [0, 0.1) is 0 Å². The summed E-state index contributed by atoms with van der Waals surface area (Å²) in [4.78, 5) is 13.4. The molecule has 0 spiro atoms. The minimum Gasteiger partial charge on any atom is -0.338 e. The maximum absolute atomic E-state index is 11.4. The molecular formula is C8H14N2O. The first-order valence-corrected chi connectivity index (χ1v) is 4.38. The van der Waals surface area contributed by atoms with Gasteiger partial charge in [-0.3, -0.25) is 4.79 Å². The maximum atomic E-state index is 11.4. The average molecular weight is 154 g/mol. The smallest absolute Gasteiger partial charge is 0.224 e. The molecule has 0 aliphatic carbocycles. The quantitative estimate of drug-likeness (QED) is 0.531. The number of amides is 1. The van der Waals surface area contributed by atoms with Crippen LogP contribution < -0.4 is 5.32 Å². The van der Waals surface area contributed by atoms with Gasteiger partial charge in [0, 0.05) is 32.1 Å². The zero-order valence-corrected chi connectivity index (χ0v) is 6.68. The molecule has 11 heavy (non-hydrogen) atoms. The van der Waals surface area contributed by atoms with Gasteiger partial charge in [-0.2, -0.15) is 0 Å². The van der Waals surface area contributed by atoms with Crippen molar-refractivity contribution in [1.82, 2.24) is 10.2 Å². The largest absolute Gasteiger partial charge is 0.338 e. The number of hydrogen-bond acceptors (Lipinski definition) is 2. The lowest BCUT2D eigenvalue weighted by molar-refractivity contribution is -0.130. The van der Waals surface area contributed by atoms with Crippen molar-refractivity contribution < 1.29 is 4.79 Å². The molecule has 0 saturated carbocycles. The fourth-order valence-corrected chi connectivity index (χ4v) is 1.98. The van der Waals surface area contributed by atoms with Gasteiger partial charge in [-0.15, -0.1) is 0 Å². The van der Waals surface area contributed by atoms with Gasteiger partial charge in [-0.05, 0) is 12.8 Å². The van der Waals surface area contributed by atoms with Crippen molar-refractivity contribution in [3.8, 4) is 0 Å². The summed E-state index contributed by atoms with van der Waals surface area (Å²) in [6.07, 6.45) is 3.08. The van der Waals surface area contributed by atoms with Crippen LogP contribution in [-0.4, -0.2) is 36.5 Å². The molecule has 0 aromatic carbocycles. The van der Waals surface area contributed by atoms with Gasteiger partial charge in [0.2, 0.25) is 5.91 Å². The molecule has 2 aliphatic rings. The van der Waals surface area contributed by atoms with Crippen LogP contribution in [0.15, 0.2) is 0 Å². The molecule has 0 aromatic rings. The van der Waals surface area contributed by atoms with Crippen LogP contribution >= 0.6 is 0 Å². The number of fused-ring (bicyclic) bond motifs is 1. The van der Waals surface area contributed by atoms with E-state index in [1.807, 2.05) is 4.90 Å². The lowest BCUT2D eigenvalue weighted by Gasteiger charge is -2.20. The molecule has 3 nitrogen and oxygen atoms in total. The number of carbonyl (C=O) groups is 1. The molecule has 62 valence electrons. The summed E-state index contributed by atoms with van der Waals surface area (Å²) in [5.74, 6) is 0.345. The van der Waals surface area contributed by atoms with E-state index in [1.165, 1.54) is 12.8 Å². The molecule has 1 atom stereocenters. The van der Waals surface area contributed by atoms with Gasteiger partial charge in [0.25, 0.3) is 0 Å². The van der Waals surface area contributed by atoms with E-state index in [-0.39, 0.29) is 0 Å². The van der Waals surface area contributed by atoms with E-state index in [0.29, 0.717) is 18.4 Å². The number of rotatable bonds is 0. The fraction of sp³-hybridized carbons (Fsp3) is 0.875. The van der Waals surface area contributed by atoms with E-state index in [9.17, 15) is 4.79 Å². The molecule has 0 aromatic heterocycles. The van der Waals surface area contributed by atoms with Gasteiger partial charge in [-0.25, -0.2) is 0 Å². The van der Waals surface area contributed by atoms with Crippen molar-refractivity contribution in [2.45, 2.75) is 25.3 Å². The zero-order valence-electron chi connectivity index (χ0n) is 6.68. The Bertz CT molecular complexity index is 169. The number of nitrogens with zero attached hydrogens (tertiary/aromatic N) is 1. The maximum Gasteiger partial charge on any atom is 0.224 e. The zero-order chi connectivity index (χ0) is 7.68. The average Bonchev–Trinajstić information content (AvgIpc) is 2.40. The van der Waals surface area contributed by atoms with E-state index >= 15 is 0 Å². The monoisotopic (exact) mass is 154 g/mol. The van der Waals surface area contributed by atoms with Crippen LogP contribution in [0.1, 0.15) is 19.3 Å². The topological polar surface area (TPSA) is 32.3 Å². The van der Waals surface area contributed by atoms with Crippen molar-refractivity contribution >= 4 is 5.91 Å². The molecule has 1 amide bonds. The molecule has 0 unspecified atom stereocenters. The Hall–Kier alpha value is -0.570. The van der Waals surface area contributed by atoms with Gasteiger partial charge >= 0.3 is 0 Å². The Morgan fingerprint density at radius 2 is 2.45 bits per heavy atom. The van der Waals surface area contributed by atoms with Crippen LogP contribution in [0.2, 0.25) is 0 Å². The van der Waals surface area contributed by atoms with Gasteiger partial charge in [0.15, 0.2) is 0 Å². The first-order chi connectivity index (χ1) is 5.38. The number of carbonyl (C=O) groups excluding carboxylic acids is 1. The fourth-order valence-electron chi connectivity index (χ4n) is 1.98. The van der Waals surface area contributed by atoms with Crippen molar-refractivity contribution in [3.63, 3.8) is 0 Å². The summed E-state index contributed by atoms with van der Waals surface area (Å²) in [5, 5.41) is 3.29. The Kier molecular flexibility index (Phi) is 1.82. The Morgan fingerprint density at radius 3 is 3.36 bits per heavy atom. The van der Waals surface area contributed by atoms with Crippen molar-refractivity contribution in [2.75, 3.05) is 19.6 Å². The third kappa shape index (κ3) is 1.25. The van der Waals surface area contributed by atoms with Crippen LogP contribution in [0.3, 0.4) is 0 Å². The van der Waals surface area contributed by atoms with Crippen LogP contribution in [-0.2, 0) is 4.79 Å². The second kappa shape index (κ2) is 2.81. The predicted molar refractivity (Wildman–Crippen MR) is 42.2 cm³/mol. The molecule has 0 bridgehead atoms. The minimum atomic E-state index is 0.345. The normalized spacial score (nSPS) is 31.8. The molecular weight excluding hydrogens is 140 g/mol. The summed E-state index contributed by atoms with van der Waals surface area (Å²) in [7, 11) is 0. The first-order valence-electron chi connectivity index (χ1n) is 4.38. The van der Waals surface area contributed by atoms with E-state index in [0.717, 1.165) is 19.6 Å². The Balaban J connectivity index is 2.09. The van der Waals surface area contributed by atoms with Gasteiger partial charge < -0.3 is 10.2 Å². The SMILES string of the molecule is O=C1CCNC[C@H]2CCCN12. The summed E-state index contributed by atoms with van der Waals surface area (Å²) < 4.78 is 0. The lowest BCUT2D eigenvalue weighted by atomic mass is 10.2. The second-order valence-electron chi connectivity index (χ2n) is 3.34. The molecule has 2 saturated heterocycles. The minimum absolute atomic E-state index is 0.345. The molecule has 2 heterocycles. The molecule has 0 radical (unpaired) electrons. The summed E-state index contributed by atoms with van der Waals surface area (Å²) >= 11 is 0. The number of hydrogen-bond donors (Lipinski definition) is 1. The summed E-state index contributed by atoms with van der Waals surface area (Å²) in [6, 6.07) is 0.505. The molecule has 2 fully saturated rings.